The number of rotatable bonds is 8. The predicted molar refractivity (Wildman–Crippen MR) is 122 cm³/mol. The maximum absolute atomic E-state index is 6.52. The Bertz CT molecular complexity index is 975. The van der Waals surface area contributed by atoms with Crippen LogP contribution in [0.25, 0.3) is 0 Å². The Morgan fingerprint density at radius 1 is 0.828 bits per heavy atom. The van der Waals surface area contributed by atoms with Gasteiger partial charge in [0.25, 0.3) is 0 Å². The minimum atomic E-state index is 0.371. The Morgan fingerprint density at radius 3 is 2.28 bits per heavy atom. The molecule has 0 atom stereocenters. The van der Waals surface area contributed by atoms with E-state index in [1.165, 1.54) is 0 Å². The van der Waals surface area contributed by atoms with Gasteiger partial charge >= 0.3 is 0 Å². The Kier molecular flexibility index (Phi) is 7.54. The predicted octanol–water partition coefficient (Wildman–Crippen LogP) is 7.55. The average Bonchev–Trinajstić information content (AvgIpc) is 2.69. The maximum Gasteiger partial charge on any atom is 0.180 e. The topological polar surface area (TPSA) is 30.5 Å². The third-order valence-corrected chi connectivity index (χ3v) is 5.12. The van der Waals surface area contributed by atoms with Crippen LogP contribution in [-0.2, 0) is 13.2 Å². The molecule has 0 aliphatic heterocycles. The van der Waals surface area contributed by atoms with E-state index >= 15 is 0 Å². The van der Waals surface area contributed by atoms with Crippen molar-refractivity contribution in [3.05, 3.63) is 86.4 Å². The third kappa shape index (κ3) is 5.96. The molecule has 0 fully saturated rings. The van der Waals surface area contributed by atoms with Crippen molar-refractivity contribution >= 4 is 40.5 Å². The van der Waals surface area contributed by atoms with E-state index in [4.69, 9.17) is 44.3 Å². The van der Waals surface area contributed by atoms with E-state index in [1.807, 2.05) is 68.4 Å². The third-order valence-electron chi connectivity index (χ3n) is 4.35. The first-order valence-electron chi connectivity index (χ1n) is 9.28. The summed E-state index contributed by atoms with van der Waals surface area (Å²) >= 11 is 18.6. The van der Waals surface area contributed by atoms with E-state index in [1.54, 1.807) is 0 Å². The summed E-state index contributed by atoms with van der Waals surface area (Å²) in [7, 11) is 0. The van der Waals surface area contributed by atoms with Crippen LogP contribution in [0.4, 0.5) is 5.69 Å². The first-order chi connectivity index (χ1) is 14.0. The second-order valence-electron chi connectivity index (χ2n) is 6.57. The fourth-order valence-corrected chi connectivity index (χ4v) is 3.43. The summed E-state index contributed by atoms with van der Waals surface area (Å²) < 4.78 is 11.7. The molecule has 0 aliphatic carbocycles. The minimum Gasteiger partial charge on any atom is -0.490 e. The molecule has 0 aliphatic rings. The van der Waals surface area contributed by atoms with Crippen LogP contribution in [0.3, 0.4) is 0 Å². The van der Waals surface area contributed by atoms with Crippen LogP contribution in [0.5, 0.6) is 11.5 Å². The van der Waals surface area contributed by atoms with E-state index in [0.717, 1.165) is 22.4 Å². The SMILES string of the molecule is CCOc1cc(CNc2cc(Cl)ccc2C)cc(Cl)c1OCc1ccc(Cl)cc1. The van der Waals surface area contributed by atoms with Crippen LogP contribution in [0.1, 0.15) is 23.6 Å². The second-order valence-corrected chi connectivity index (χ2v) is 7.85. The summed E-state index contributed by atoms with van der Waals surface area (Å²) in [5.41, 5.74) is 4.08. The highest BCUT2D eigenvalue weighted by atomic mass is 35.5. The molecule has 3 aromatic carbocycles. The summed E-state index contributed by atoms with van der Waals surface area (Å²) in [5.74, 6) is 1.15. The van der Waals surface area contributed by atoms with Crippen LogP contribution in [-0.4, -0.2) is 6.61 Å². The van der Waals surface area contributed by atoms with Gasteiger partial charge in [0.2, 0.25) is 0 Å². The molecule has 0 saturated carbocycles. The van der Waals surface area contributed by atoms with Crippen LogP contribution in [0, 0.1) is 6.92 Å². The molecule has 3 nitrogen and oxygen atoms in total. The van der Waals surface area contributed by atoms with Crippen molar-refractivity contribution < 1.29 is 9.47 Å². The molecule has 0 saturated heterocycles. The maximum atomic E-state index is 6.52. The summed E-state index contributed by atoms with van der Waals surface area (Å²) in [5, 5.41) is 5.28. The van der Waals surface area contributed by atoms with Gasteiger partial charge in [0.15, 0.2) is 11.5 Å². The second kappa shape index (κ2) is 10.1. The lowest BCUT2D eigenvalue weighted by molar-refractivity contribution is 0.269. The van der Waals surface area contributed by atoms with Crippen molar-refractivity contribution in [2.75, 3.05) is 11.9 Å². The molecule has 29 heavy (non-hydrogen) atoms. The first-order valence-corrected chi connectivity index (χ1v) is 10.4. The number of hydrogen-bond acceptors (Lipinski definition) is 3. The Labute approximate surface area is 186 Å². The molecule has 1 N–H and O–H groups in total. The minimum absolute atomic E-state index is 0.371. The highest BCUT2D eigenvalue weighted by Crippen LogP contribution is 2.37. The number of nitrogens with one attached hydrogen (secondary N) is 1. The molecular formula is C23H22Cl3NO2. The molecule has 3 rings (SSSR count). The van der Waals surface area contributed by atoms with Crippen molar-refractivity contribution in [1.29, 1.82) is 0 Å². The number of hydrogen-bond donors (Lipinski definition) is 1. The summed E-state index contributed by atoms with van der Waals surface area (Å²) in [6, 6.07) is 17.1. The number of halogens is 3. The number of benzene rings is 3. The smallest absolute Gasteiger partial charge is 0.180 e. The Hall–Kier alpha value is -2.07. The fraction of sp³-hybridized carbons (Fsp3) is 0.217. The summed E-state index contributed by atoms with van der Waals surface area (Å²) in [6.45, 7) is 5.43. The van der Waals surface area contributed by atoms with Crippen LogP contribution in [0.15, 0.2) is 54.6 Å². The van der Waals surface area contributed by atoms with Crippen molar-refractivity contribution in [3.63, 3.8) is 0 Å². The molecule has 0 aromatic heterocycles. The van der Waals surface area contributed by atoms with E-state index in [0.29, 0.717) is 46.3 Å². The number of anilines is 1. The van der Waals surface area contributed by atoms with Crippen molar-refractivity contribution in [2.45, 2.75) is 27.0 Å². The number of aryl methyl sites for hydroxylation is 1. The zero-order chi connectivity index (χ0) is 20.8. The van der Waals surface area contributed by atoms with E-state index in [9.17, 15) is 0 Å². The summed E-state index contributed by atoms with van der Waals surface area (Å²) in [6.07, 6.45) is 0. The van der Waals surface area contributed by atoms with Crippen LogP contribution in [0.2, 0.25) is 15.1 Å². The monoisotopic (exact) mass is 449 g/mol. The lowest BCUT2D eigenvalue weighted by Crippen LogP contribution is -2.04. The Balaban J connectivity index is 1.76. The van der Waals surface area contributed by atoms with Crippen LogP contribution < -0.4 is 14.8 Å². The lowest BCUT2D eigenvalue weighted by Gasteiger charge is -2.16. The summed E-state index contributed by atoms with van der Waals surface area (Å²) in [4.78, 5) is 0. The van der Waals surface area contributed by atoms with Crippen molar-refractivity contribution in [3.8, 4) is 11.5 Å². The van der Waals surface area contributed by atoms with Gasteiger partial charge in [-0.1, -0.05) is 53.0 Å². The molecule has 0 radical (unpaired) electrons. The largest absolute Gasteiger partial charge is 0.490 e. The van der Waals surface area contributed by atoms with E-state index < -0.39 is 0 Å². The van der Waals surface area contributed by atoms with Gasteiger partial charge in [-0.15, -0.1) is 0 Å². The van der Waals surface area contributed by atoms with Crippen molar-refractivity contribution in [1.82, 2.24) is 0 Å². The van der Waals surface area contributed by atoms with Crippen molar-refractivity contribution in [2.24, 2.45) is 0 Å². The quantitative estimate of drug-likeness (QED) is 0.384. The highest BCUT2D eigenvalue weighted by molar-refractivity contribution is 6.32. The zero-order valence-electron chi connectivity index (χ0n) is 16.3. The molecule has 0 bridgehead atoms. The van der Waals surface area contributed by atoms with E-state index in [2.05, 4.69) is 5.32 Å². The fourth-order valence-electron chi connectivity index (χ4n) is 2.84. The number of ether oxygens (including phenoxy) is 2. The molecule has 0 amide bonds. The first kappa shape index (κ1) is 21.6. The lowest BCUT2D eigenvalue weighted by atomic mass is 10.1. The standard InChI is InChI=1S/C23H22Cl3NO2/c1-3-28-22-11-17(13-27-21-12-19(25)7-4-15(21)2)10-20(26)23(22)29-14-16-5-8-18(24)9-6-16/h4-12,27H,3,13-14H2,1-2H3. The molecule has 3 aromatic rings. The van der Waals surface area contributed by atoms with Crippen LogP contribution >= 0.6 is 34.8 Å². The van der Waals surface area contributed by atoms with Gasteiger partial charge in [-0.3, -0.25) is 0 Å². The molecule has 0 heterocycles. The van der Waals surface area contributed by atoms with Gasteiger partial charge in [0.05, 0.1) is 11.6 Å². The van der Waals surface area contributed by atoms with Gasteiger partial charge in [-0.2, -0.15) is 0 Å². The molecular weight excluding hydrogens is 429 g/mol. The highest BCUT2D eigenvalue weighted by Gasteiger charge is 2.13. The average molecular weight is 451 g/mol. The van der Waals surface area contributed by atoms with Gasteiger partial charge < -0.3 is 14.8 Å². The van der Waals surface area contributed by atoms with Gasteiger partial charge in [-0.25, -0.2) is 0 Å². The molecule has 0 unspecified atom stereocenters. The van der Waals surface area contributed by atoms with Gasteiger partial charge in [0.1, 0.15) is 6.61 Å². The Morgan fingerprint density at radius 2 is 1.55 bits per heavy atom. The molecule has 6 heteroatoms. The zero-order valence-corrected chi connectivity index (χ0v) is 18.5. The van der Waals surface area contributed by atoms with Gasteiger partial charge in [0, 0.05) is 22.3 Å². The molecule has 0 spiro atoms. The molecule has 152 valence electrons. The normalized spacial score (nSPS) is 10.7. The van der Waals surface area contributed by atoms with E-state index in [-0.39, 0.29) is 0 Å². The van der Waals surface area contributed by atoms with Gasteiger partial charge in [-0.05, 0) is 66.9 Å².